The fourth-order valence-electron chi connectivity index (χ4n) is 3.17. The second kappa shape index (κ2) is 11.5. The van der Waals surface area contributed by atoms with Crippen molar-refractivity contribution in [2.75, 3.05) is 18.9 Å². The number of thiophene rings is 1. The van der Waals surface area contributed by atoms with E-state index in [1.165, 1.54) is 40.5 Å². The average molecular weight is 520 g/mol. The summed E-state index contributed by atoms with van der Waals surface area (Å²) in [6.07, 6.45) is 0. The van der Waals surface area contributed by atoms with E-state index < -0.39 is 42.1 Å². The van der Waals surface area contributed by atoms with Crippen LogP contribution in [0.3, 0.4) is 0 Å². The van der Waals surface area contributed by atoms with Gasteiger partial charge in [0.2, 0.25) is 5.91 Å². The molecule has 0 radical (unpaired) electrons. The van der Waals surface area contributed by atoms with Crippen molar-refractivity contribution in [3.63, 3.8) is 0 Å². The lowest BCUT2D eigenvalue weighted by Gasteiger charge is -2.30. The van der Waals surface area contributed by atoms with E-state index in [2.05, 4.69) is 9.69 Å². The second-order valence-corrected chi connectivity index (χ2v) is 8.89. The normalized spacial score (nSPS) is 11.5. The van der Waals surface area contributed by atoms with Crippen molar-refractivity contribution in [2.24, 2.45) is 5.73 Å². The van der Waals surface area contributed by atoms with Crippen LogP contribution in [0.5, 0.6) is 0 Å². The molecule has 10 nitrogen and oxygen atoms in total. The van der Waals surface area contributed by atoms with Crippen molar-refractivity contribution in [3.05, 3.63) is 68.6 Å². The van der Waals surface area contributed by atoms with Crippen molar-refractivity contribution >= 4 is 52.2 Å². The topological polar surface area (TPSA) is 158 Å². The fraction of sp³-hybridized carbons (Fsp3) is 0.227. The summed E-state index contributed by atoms with van der Waals surface area (Å²) in [5, 5.41) is 4.23. The predicted molar refractivity (Wildman–Crippen MR) is 128 cm³/mol. The Kier molecular flexibility index (Phi) is 8.49. The standard InChI is InChI=1S/C22H22FN5O5S2/c1-2-33-15(29)10-26-21(31)18(14-4-3-9-34-14)28(11-12-5-7-13(23)8-6-12)22(32)19-16(24)17(20(25)30)27-35-19/h3-9,18H,2,10-11,24H2,1H3,(H2,25,30)(H,26,31). The van der Waals surface area contributed by atoms with Gasteiger partial charge in [-0.15, -0.1) is 11.3 Å². The highest BCUT2D eigenvalue weighted by Gasteiger charge is 2.35. The Bertz CT molecular complexity index is 1210. The monoisotopic (exact) mass is 519 g/mol. The number of hydrogen-bond acceptors (Lipinski definition) is 9. The molecule has 3 aromatic rings. The smallest absolute Gasteiger partial charge is 0.325 e. The molecule has 0 bridgehead atoms. The molecule has 0 aliphatic heterocycles. The largest absolute Gasteiger partial charge is 0.465 e. The van der Waals surface area contributed by atoms with E-state index in [4.69, 9.17) is 16.2 Å². The van der Waals surface area contributed by atoms with E-state index in [-0.39, 0.29) is 29.4 Å². The summed E-state index contributed by atoms with van der Waals surface area (Å²) in [6.45, 7) is 1.27. The lowest BCUT2D eigenvalue weighted by molar-refractivity contribution is -0.143. The van der Waals surface area contributed by atoms with Crippen LogP contribution in [0.15, 0.2) is 41.8 Å². The van der Waals surface area contributed by atoms with Gasteiger partial charge in [-0.25, -0.2) is 4.39 Å². The van der Waals surface area contributed by atoms with Crippen LogP contribution >= 0.6 is 22.9 Å². The summed E-state index contributed by atoms with van der Waals surface area (Å²) in [5.74, 6) is -3.34. The van der Waals surface area contributed by atoms with Gasteiger partial charge >= 0.3 is 5.97 Å². The van der Waals surface area contributed by atoms with Crippen LogP contribution in [-0.2, 0) is 20.9 Å². The summed E-state index contributed by atoms with van der Waals surface area (Å²) in [4.78, 5) is 52.0. The summed E-state index contributed by atoms with van der Waals surface area (Å²) < 4.78 is 22.2. The fourth-order valence-corrected chi connectivity index (χ4v) is 4.76. The zero-order chi connectivity index (χ0) is 25.5. The maximum atomic E-state index is 13.7. The lowest BCUT2D eigenvalue weighted by Crippen LogP contribution is -2.44. The summed E-state index contributed by atoms with van der Waals surface area (Å²) in [7, 11) is 0. The first-order chi connectivity index (χ1) is 16.7. The number of nitrogens with one attached hydrogen (secondary N) is 1. The first-order valence-electron chi connectivity index (χ1n) is 10.3. The van der Waals surface area contributed by atoms with Gasteiger partial charge in [-0.3, -0.25) is 19.2 Å². The molecule has 0 saturated heterocycles. The molecule has 0 aliphatic rings. The molecule has 0 fully saturated rings. The Morgan fingerprint density at radius 1 is 1.20 bits per heavy atom. The van der Waals surface area contributed by atoms with Crippen LogP contribution in [-0.4, -0.2) is 46.1 Å². The molecule has 3 amide bonds. The number of carbonyl (C=O) groups excluding carboxylic acids is 4. The van der Waals surface area contributed by atoms with E-state index in [1.54, 1.807) is 24.4 Å². The minimum atomic E-state index is -1.18. The molecule has 1 unspecified atom stereocenters. The SMILES string of the molecule is CCOC(=O)CNC(=O)C(c1cccs1)N(Cc1ccc(F)cc1)C(=O)c1snc(C(N)=O)c1N. The van der Waals surface area contributed by atoms with Crippen LogP contribution in [0.4, 0.5) is 10.1 Å². The maximum Gasteiger partial charge on any atom is 0.325 e. The first-order valence-corrected chi connectivity index (χ1v) is 11.9. The molecule has 2 heterocycles. The van der Waals surface area contributed by atoms with E-state index >= 15 is 0 Å². The minimum absolute atomic E-state index is 0.0827. The van der Waals surface area contributed by atoms with Gasteiger partial charge in [0.25, 0.3) is 11.8 Å². The Labute approximate surface area is 207 Å². The van der Waals surface area contributed by atoms with Crippen molar-refractivity contribution in [3.8, 4) is 0 Å². The number of anilines is 1. The highest BCUT2D eigenvalue weighted by Crippen LogP contribution is 2.32. The molecule has 13 heteroatoms. The number of halogens is 1. The van der Waals surface area contributed by atoms with Gasteiger partial charge in [0.1, 0.15) is 23.3 Å². The molecule has 35 heavy (non-hydrogen) atoms. The summed E-state index contributed by atoms with van der Waals surface area (Å²) in [5.41, 5.74) is 11.3. The van der Waals surface area contributed by atoms with Gasteiger partial charge in [0.15, 0.2) is 5.69 Å². The Balaban J connectivity index is 2.03. The van der Waals surface area contributed by atoms with E-state index in [9.17, 15) is 23.6 Å². The van der Waals surface area contributed by atoms with Gasteiger partial charge in [-0.05, 0) is 47.6 Å². The third-order valence-electron chi connectivity index (χ3n) is 4.77. The van der Waals surface area contributed by atoms with Gasteiger partial charge in [-0.2, -0.15) is 4.37 Å². The molecule has 184 valence electrons. The number of ether oxygens (including phenoxy) is 1. The number of amides is 3. The van der Waals surface area contributed by atoms with Crippen LogP contribution < -0.4 is 16.8 Å². The van der Waals surface area contributed by atoms with Gasteiger partial charge in [-0.1, -0.05) is 18.2 Å². The minimum Gasteiger partial charge on any atom is -0.465 e. The molecular weight excluding hydrogens is 497 g/mol. The Morgan fingerprint density at radius 3 is 2.49 bits per heavy atom. The van der Waals surface area contributed by atoms with E-state index in [1.807, 2.05) is 0 Å². The number of primary amides is 1. The van der Waals surface area contributed by atoms with Crippen LogP contribution in [0.1, 0.15) is 43.6 Å². The number of aromatic nitrogens is 1. The molecular formula is C22H22FN5O5S2. The Morgan fingerprint density at radius 2 is 1.91 bits per heavy atom. The quantitative estimate of drug-likeness (QED) is 0.346. The first kappa shape index (κ1) is 25.8. The number of nitrogens with two attached hydrogens (primary N) is 2. The van der Waals surface area contributed by atoms with Crippen molar-refractivity contribution in [1.82, 2.24) is 14.6 Å². The third-order valence-corrected chi connectivity index (χ3v) is 6.54. The second-order valence-electron chi connectivity index (χ2n) is 7.14. The summed E-state index contributed by atoms with van der Waals surface area (Å²) in [6, 6.07) is 7.59. The number of hydrogen-bond donors (Lipinski definition) is 3. The summed E-state index contributed by atoms with van der Waals surface area (Å²) >= 11 is 1.90. The van der Waals surface area contributed by atoms with Crippen LogP contribution in [0.2, 0.25) is 0 Å². The average Bonchev–Trinajstić information content (AvgIpc) is 3.48. The number of benzene rings is 1. The highest BCUT2D eigenvalue weighted by atomic mass is 32.1. The third kappa shape index (κ3) is 6.19. The number of rotatable bonds is 10. The molecule has 3 rings (SSSR count). The van der Waals surface area contributed by atoms with Gasteiger partial charge < -0.3 is 26.4 Å². The van der Waals surface area contributed by atoms with E-state index in [0.717, 1.165) is 0 Å². The molecule has 0 aliphatic carbocycles. The predicted octanol–water partition coefficient (Wildman–Crippen LogP) is 2.09. The van der Waals surface area contributed by atoms with Gasteiger partial charge in [0, 0.05) is 11.4 Å². The van der Waals surface area contributed by atoms with Crippen molar-refractivity contribution in [2.45, 2.75) is 19.5 Å². The van der Waals surface area contributed by atoms with Gasteiger partial charge in [0.05, 0.1) is 12.3 Å². The number of nitrogen functional groups attached to an aromatic ring is 1. The van der Waals surface area contributed by atoms with Crippen molar-refractivity contribution in [1.29, 1.82) is 0 Å². The van der Waals surface area contributed by atoms with Crippen LogP contribution in [0, 0.1) is 5.82 Å². The number of esters is 1. The maximum absolute atomic E-state index is 13.7. The highest BCUT2D eigenvalue weighted by molar-refractivity contribution is 7.10. The van der Waals surface area contributed by atoms with Crippen LogP contribution in [0.25, 0.3) is 0 Å². The molecule has 1 aromatic carbocycles. The Hall–Kier alpha value is -3.84. The lowest BCUT2D eigenvalue weighted by atomic mass is 10.1. The zero-order valence-electron chi connectivity index (χ0n) is 18.5. The molecule has 0 saturated carbocycles. The zero-order valence-corrected chi connectivity index (χ0v) is 20.2. The number of nitrogens with zero attached hydrogens (tertiary/aromatic N) is 2. The van der Waals surface area contributed by atoms with Crippen molar-refractivity contribution < 1.29 is 28.3 Å². The van der Waals surface area contributed by atoms with E-state index in [0.29, 0.717) is 22.0 Å². The number of carbonyl (C=O) groups is 4. The molecule has 0 spiro atoms. The molecule has 1 atom stereocenters. The molecule has 5 N–H and O–H groups in total. The molecule has 2 aromatic heterocycles.